The summed E-state index contributed by atoms with van der Waals surface area (Å²) in [5.74, 6) is 0.980. The van der Waals surface area contributed by atoms with Crippen molar-refractivity contribution in [1.29, 1.82) is 0 Å². The first-order valence-electron chi connectivity index (χ1n) is 8.07. The first kappa shape index (κ1) is 14.6. The Balaban J connectivity index is 1.42. The SMILES string of the molecule is C[C@H](NC(=O)N1CCc2sccc2C1)c1ccc2c(c1)CCO2. The molecule has 0 aliphatic carbocycles. The van der Waals surface area contributed by atoms with Crippen molar-refractivity contribution >= 4 is 17.4 Å². The van der Waals surface area contributed by atoms with E-state index >= 15 is 0 Å². The highest BCUT2D eigenvalue weighted by Crippen LogP contribution is 2.28. The van der Waals surface area contributed by atoms with Gasteiger partial charge in [0.2, 0.25) is 0 Å². The van der Waals surface area contributed by atoms with Crippen LogP contribution < -0.4 is 10.1 Å². The van der Waals surface area contributed by atoms with Crippen LogP contribution in [0.5, 0.6) is 5.75 Å². The summed E-state index contributed by atoms with van der Waals surface area (Å²) in [6, 6.07) is 8.36. The van der Waals surface area contributed by atoms with E-state index in [4.69, 9.17) is 4.74 Å². The number of thiophene rings is 1. The molecule has 0 saturated carbocycles. The van der Waals surface area contributed by atoms with Crippen molar-refractivity contribution in [3.05, 3.63) is 51.2 Å². The van der Waals surface area contributed by atoms with E-state index in [0.29, 0.717) is 0 Å². The van der Waals surface area contributed by atoms with Gasteiger partial charge in [0.15, 0.2) is 0 Å². The second kappa shape index (κ2) is 5.89. The van der Waals surface area contributed by atoms with Crippen LogP contribution in [0.3, 0.4) is 0 Å². The lowest BCUT2D eigenvalue weighted by Crippen LogP contribution is -2.43. The summed E-state index contributed by atoms with van der Waals surface area (Å²) in [6.07, 6.45) is 1.92. The number of urea groups is 1. The van der Waals surface area contributed by atoms with Crippen LogP contribution in [-0.2, 0) is 19.4 Å². The molecule has 23 heavy (non-hydrogen) atoms. The molecule has 0 fully saturated rings. The summed E-state index contributed by atoms with van der Waals surface area (Å²) >= 11 is 1.79. The number of nitrogens with zero attached hydrogens (tertiary/aromatic N) is 1. The third-order valence-electron chi connectivity index (χ3n) is 4.65. The molecule has 1 aromatic heterocycles. The van der Waals surface area contributed by atoms with E-state index in [1.54, 1.807) is 11.3 Å². The van der Waals surface area contributed by atoms with Crippen LogP contribution in [0.4, 0.5) is 4.79 Å². The Kier molecular flexibility index (Phi) is 3.73. The van der Waals surface area contributed by atoms with Crippen LogP contribution in [-0.4, -0.2) is 24.1 Å². The fraction of sp³-hybridized carbons (Fsp3) is 0.389. The van der Waals surface area contributed by atoms with Crippen LogP contribution >= 0.6 is 11.3 Å². The maximum atomic E-state index is 12.5. The number of fused-ring (bicyclic) bond motifs is 2. The Bertz CT molecular complexity index is 740. The van der Waals surface area contributed by atoms with Crippen molar-refractivity contribution in [2.45, 2.75) is 32.4 Å². The molecule has 0 radical (unpaired) electrons. The van der Waals surface area contributed by atoms with E-state index in [1.165, 1.54) is 16.0 Å². The Morgan fingerprint density at radius 3 is 3.13 bits per heavy atom. The Morgan fingerprint density at radius 1 is 1.30 bits per heavy atom. The van der Waals surface area contributed by atoms with E-state index in [9.17, 15) is 4.79 Å². The summed E-state index contributed by atoms with van der Waals surface area (Å²) in [6.45, 7) is 4.31. The van der Waals surface area contributed by atoms with Gasteiger partial charge in [-0.15, -0.1) is 11.3 Å². The summed E-state index contributed by atoms with van der Waals surface area (Å²) in [5, 5.41) is 5.24. The van der Waals surface area contributed by atoms with Crippen LogP contribution in [0.25, 0.3) is 0 Å². The number of rotatable bonds is 2. The molecule has 1 atom stereocenters. The van der Waals surface area contributed by atoms with Crippen molar-refractivity contribution in [2.24, 2.45) is 0 Å². The van der Waals surface area contributed by atoms with Crippen molar-refractivity contribution in [2.75, 3.05) is 13.2 Å². The summed E-state index contributed by atoms with van der Waals surface area (Å²) in [7, 11) is 0. The second-order valence-electron chi connectivity index (χ2n) is 6.18. The summed E-state index contributed by atoms with van der Waals surface area (Å²) in [4.78, 5) is 15.9. The molecule has 1 N–H and O–H groups in total. The Morgan fingerprint density at radius 2 is 2.22 bits per heavy atom. The Hall–Kier alpha value is -2.01. The number of ether oxygens (including phenoxy) is 1. The van der Waals surface area contributed by atoms with Crippen molar-refractivity contribution in [3.63, 3.8) is 0 Å². The molecule has 120 valence electrons. The average Bonchev–Trinajstić information content (AvgIpc) is 3.21. The normalized spacial score (nSPS) is 17.2. The van der Waals surface area contributed by atoms with E-state index < -0.39 is 0 Å². The predicted octanol–water partition coefficient (Wildman–Crippen LogP) is 3.51. The van der Waals surface area contributed by atoms with E-state index in [1.807, 2.05) is 24.0 Å². The second-order valence-corrected chi connectivity index (χ2v) is 7.18. The van der Waals surface area contributed by atoms with Crippen LogP contribution in [0.2, 0.25) is 0 Å². The molecular formula is C18H20N2O2S. The monoisotopic (exact) mass is 328 g/mol. The summed E-state index contributed by atoms with van der Waals surface area (Å²) in [5.41, 5.74) is 3.67. The number of hydrogen-bond acceptors (Lipinski definition) is 3. The van der Waals surface area contributed by atoms with Gasteiger partial charge in [0.1, 0.15) is 5.75 Å². The third kappa shape index (κ3) is 2.81. The standard InChI is InChI=1S/C18H20N2O2S/c1-12(13-2-3-16-14(10-13)5-8-22-16)19-18(21)20-7-4-17-15(11-20)6-9-23-17/h2-3,6,9-10,12H,4-5,7-8,11H2,1H3,(H,19,21)/t12-/m0/s1. The molecule has 1 aromatic carbocycles. The molecule has 0 unspecified atom stereocenters. The number of amides is 2. The fourth-order valence-corrected chi connectivity index (χ4v) is 4.15. The number of benzene rings is 1. The lowest BCUT2D eigenvalue weighted by Gasteiger charge is -2.28. The van der Waals surface area contributed by atoms with Crippen LogP contribution in [0.15, 0.2) is 29.6 Å². The smallest absolute Gasteiger partial charge is 0.318 e. The number of carbonyl (C=O) groups excluding carboxylic acids is 1. The molecule has 2 aliphatic rings. The largest absolute Gasteiger partial charge is 0.493 e. The van der Waals surface area contributed by atoms with Gasteiger partial charge in [-0.1, -0.05) is 6.07 Å². The number of nitrogens with one attached hydrogen (secondary N) is 1. The van der Waals surface area contributed by atoms with Crippen LogP contribution in [0.1, 0.15) is 34.5 Å². The highest BCUT2D eigenvalue weighted by Gasteiger charge is 2.23. The maximum absolute atomic E-state index is 12.5. The van der Waals surface area contributed by atoms with Gasteiger partial charge in [-0.3, -0.25) is 0 Å². The minimum Gasteiger partial charge on any atom is -0.493 e. The van der Waals surface area contributed by atoms with Gasteiger partial charge in [-0.25, -0.2) is 4.79 Å². The minimum atomic E-state index is -0.00253. The lowest BCUT2D eigenvalue weighted by atomic mass is 10.0. The molecule has 5 heteroatoms. The van der Waals surface area contributed by atoms with E-state index in [2.05, 4.69) is 22.8 Å². The zero-order chi connectivity index (χ0) is 15.8. The Labute approximate surface area is 140 Å². The molecular weight excluding hydrogens is 308 g/mol. The van der Waals surface area contributed by atoms with Crippen LogP contribution in [0, 0.1) is 0 Å². The number of hydrogen-bond donors (Lipinski definition) is 1. The van der Waals surface area contributed by atoms with Gasteiger partial charge in [0.25, 0.3) is 0 Å². The molecule has 2 aliphatic heterocycles. The molecule has 2 aromatic rings. The fourth-order valence-electron chi connectivity index (χ4n) is 3.26. The van der Waals surface area contributed by atoms with Gasteiger partial charge in [-0.2, -0.15) is 0 Å². The highest BCUT2D eigenvalue weighted by atomic mass is 32.1. The van der Waals surface area contributed by atoms with Crippen molar-refractivity contribution < 1.29 is 9.53 Å². The number of carbonyl (C=O) groups is 1. The lowest BCUT2D eigenvalue weighted by molar-refractivity contribution is 0.189. The molecule has 4 nitrogen and oxygen atoms in total. The van der Waals surface area contributed by atoms with Gasteiger partial charge in [-0.05, 0) is 53.6 Å². The minimum absolute atomic E-state index is 0.00253. The topological polar surface area (TPSA) is 41.6 Å². The van der Waals surface area contributed by atoms with E-state index in [-0.39, 0.29) is 12.1 Å². The molecule has 0 spiro atoms. The summed E-state index contributed by atoms with van der Waals surface area (Å²) < 4.78 is 5.54. The molecule has 2 amide bonds. The molecule has 4 rings (SSSR count). The van der Waals surface area contributed by atoms with Gasteiger partial charge < -0.3 is 15.0 Å². The predicted molar refractivity (Wildman–Crippen MR) is 91.0 cm³/mol. The van der Waals surface area contributed by atoms with Gasteiger partial charge in [0, 0.05) is 24.4 Å². The van der Waals surface area contributed by atoms with E-state index in [0.717, 1.165) is 43.9 Å². The van der Waals surface area contributed by atoms with Crippen molar-refractivity contribution in [3.8, 4) is 5.75 Å². The molecule has 3 heterocycles. The highest BCUT2D eigenvalue weighted by molar-refractivity contribution is 7.10. The first-order valence-corrected chi connectivity index (χ1v) is 8.95. The van der Waals surface area contributed by atoms with Gasteiger partial charge >= 0.3 is 6.03 Å². The maximum Gasteiger partial charge on any atom is 0.318 e. The molecule has 0 saturated heterocycles. The van der Waals surface area contributed by atoms with Crippen molar-refractivity contribution in [1.82, 2.24) is 10.2 Å². The zero-order valence-corrected chi connectivity index (χ0v) is 14.0. The third-order valence-corrected chi connectivity index (χ3v) is 5.67. The zero-order valence-electron chi connectivity index (χ0n) is 13.2. The quantitative estimate of drug-likeness (QED) is 0.916. The average molecular weight is 328 g/mol. The molecule has 0 bridgehead atoms. The van der Waals surface area contributed by atoms with Gasteiger partial charge in [0.05, 0.1) is 12.6 Å². The first-order chi connectivity index (χ1) is 11.2.